The van der Waals surface area contributed by atoms with E-state index in [9.17, 15) is 0 Å². The summed E-state index contributed by atoms with van der Waals surface area (Å²) in [6.45, 7) is 0.771. The summed E-state index contributed by atoms with van der Waals surface area (Å²) in [6, 6.07) is 10.9. The highest BCUT2D eigenvalue weighted by molar-refractivity contribution is 6.35. The van der Waals surface area contributed by atoms with Gasteiger partial charge in [0.1, 0.15) is 0 Å². The van der Waals surface area contributed by atoms with Crippen molar-refractivity contribution in [2.45, 2.75) is 38.3 Å². The molecule has 2 aromatic heterocycles. The molecule has 1 aliphatic carbocycles. The van der Waals surface area contributed by atoms with Crippen LogP contribution in [0.25, 0.3) is 10.9 Å². The third-order valence-corrected chi connectivity index (χ3v) is 4.74. The predicted molar refractivity (Wildman–Crippen MR) is 85.8 cm³/mol. The van der Waals surface area contributed by atoms with Crippen LogP contribution < -0.4 is 0 Å². The molecule has 0 spiro atoms. The molecule has 0 aliphatic heterocycles. The molecule has 1 saturated carbocycles. The molecule has 0 unspecified atom stereocenters. The summed E-state index contributed by atoms with van der Waals surface area (Å²) in [5.41, 5.74) is 2.19. The van der Waals surface area contributed by atoms with Crippen LogP contribution >= 0.6 is 11.6 Å². The fourth-order valence-electron chi connectivity index (χ4n) is 3.35. The maximum absolute atomic E-state index is 6.33. The molecule has 1 aliphatic rings. The van der Waals surface area contributed by atoms with Crippen LogP contribution in [-0.2, 0) is 6.54 Å². The van der Waals surface area contributed by atoms with E-state index < -0.39 is 0 Å². The number of fused-ring (bicyclic) bond motifs is 1. The van der Waals surface area contributed by atoms with Gasteiger partial charge in [0.25, 0.3) is 0 Å². The number of nitrogens with zero attached hydrogens (tertiary/aromatic N) is 3. The molecule has 0 bridgehead atoms. The second-order valence-corrected chi connectivity index (χ2v) is 6.25. The molecule has 4 heteroatoms. The van der Waals surface area contributed by atoms with Crippen molar-refractivity contribution in [2.75, 3.05) is 0 Å². The number of benzene rings is 1. The van der Waals surface area contributed by atoms with Gasteiger partial charge in [0, 0.05) is 17.8 Å². The van der Waals surface area contributed by atoms with Gasteiger partial charge in [-0.05, 0) is 31.0 Å². The van der Waals surface area contributed by atoms with Crippen molar-refractivity contribution in [2.24, 2.45) is 0 Å². The Kier molecular flexibility index (Phi) is 3.23. The van der Waals surface area contributed by atoms with Crippen LogP contribution in [0.5, 0.6) is 0 Å². The van der Waals surface area contributed by atoms with Gasteiger partial charge >= 0.3 is 0 Å². The number of para-hydroxylation sites is 1. The molecule has 3 aromatic rings. The molecule has 0 atom stereocenters. The highest BCUT2D eigenvalue weighted by Gasteiger charge is 2.17. The first kappa shape index (κ1) is 13.0. The van der Waals surface area contributed by atoms with Crippen molar-refractivity contribution in [3.05, 3.63) is 53.4 Å². The molecule has 1 fully saturated rings. The van der Waals surface area contributed by atoms with Gasteiger partial charge in [-0.15, -0.1) is 0 Å². The highest BCUT2D eigenvalue weighted by Crippen LogP contribution is 2.29. The Morgan fingerprint density at radius 3 is 2.81 bits per heavy atom. The molecule has 4 rings (SSSR count). The minimum absolute atomic E-state index is 0.601. The summed E-state index contributed by atoms with van der Waals surface area (Å²) in [7, 11) is 0. The smallest absolute Gasteiger partial charge is 0.0821 e. The van der Waals surface area contributed by atoms with Gasteiger partial charge in [0.2, 0.25) is 0 Å². The molecular weight excluding hydrogens is 282 g/mol. The molecule has 21 heavy (non-hydrogen) atoms. The highest BCUT2D eigenvalue weighted by atomic mass is 35.5. The maximum Gasteiger partial charge on any atom is 0.0821 e. The standard InChI is InChI=1S/C17H18ClN3/c18-16-7-3-4-13-8-10-20(17(13)16)12-14-9-11-21(19-14)15-5-1-2-6-15/h3-4,7-11,15H,1-2,5-6,12H2. The van der Waals surface area contributed by atoms with E-state index in [1.165, 1.54) is 31.1 Å². The van der Waals surface area contributed by atoms with E-state index in [4.69, 9.17) is 16.7 Å². The molecule has 0 radical (unpaired) electrons. The van der Waals surface area contributed by atoms with E-state index in [1.54, 1.807) is 0 Å². The Morgan fingerprint density at radius 1 is 1.10 bits per heavy atom. The van der Waals surface area contributed by atoms with Crippen LogP contribution in [0.15, 0.2) is 42.7 Å². The van der Waals surface area contributed by atoms with E-state index in [2.05, 4.69) is 39.8 Å². The monoisotopic (exact) mass is 299 g/mol. The molecule has 2 heterocycles. The summed E-state index contributed by atoms with van der Waals surface area (Å²) >= 11 is 6.33. The van der Waals surface area contributed by atoms with Crippen molar-refractivity contribution < 1.29 is 0 Å². The van der Waals surface area contributed by atoms with E-state index >= 15 is 0 Å². The first-order valence-electron chi connectivity index (χ1n) is 7.59. The van der Waals surface area contributed by atoms with Crippen molar-refractivity contribution in [3.63, 3.8) is 0 Å². The normalized spacial score (nSPS) is 16.0. The van der Waals surface area contributed by atoms with Crippen molar-refractivity contribution >= 4 is 22.5 Å². The van der Waals surface area contributed by atoms with Gasteiger partial charge in [0.15, 0.2) is 0 Å². The molecule has 3 nitrogen and oxygen atoms in total. The maximum atomic E-state index is 6.33. The third-order valence-electron chi connectivity index (χ3n) is 4.43. The lowest BCUT2D eigenvalue weighted by Gasteiger charge is -2.09. The minimum Gasteiger partial charge on any atom is -0.340 e. The van der Waals surface area contributed by atoms with Crippen molar-refractivity contribution in [3.8, 4) is 0 Å². The van der Waals surface area contributed by atoms with Gasteiger partial charge in [-0.3, -0.25) is 4.68 Å². The van der Waals surface area contributed by atoms with E-state index in [0.29, 0.717) is 6.04 Å². The summed E-state index contributed by atoms with van der Waals surface area (Å²) in [6.07, 6.45) is 9.40. The first-order chi connectivity index (χ1) is 10.3. The minimum atomic E-state index is 0.601. The Labute approximate surface area is 129 Å². The Morgan fingerprint density at radius 2 is 1.95 bits per heavy atom. The largest absolute Gasteiger partial charge is 0.340 e. The zero-order chi connectivity index (χ0) is 14.2. The van der Waals surface area contributed by atoms with Crippen molar-refractivity contribution in [1.82, 2.24) is 14.3 Å². The SMILES string of the molecule is Clc1cccc2ccn(Cc3ccn(C4CCCC4)n3)c12. The Hall–Kier alpha value is -1.74. The lowest BCUT2D eigenvalue weighted by molar-refractivity contribution is 0.462. The molecular formula is C17H18ClN3. The van der Waals surface area contributed by atoms with Crippen LogP contribution in [0.4, 0.5) is 0 Å². The van der Waals surface area contributed by atoms with Gasteiger partial charge in [0.05, 0.1) is 28.8 Å². The van der Waals surface area contributed by atoms with Crippen molar-refractivity contribution in [1.29, 1.82) is 0 Å². The summed E-state index contributed by atoms with van der Waals surface area (Å²) in [4.78, 5) is 0. The molecule has 0 saturated heterocycles. The summed E-state index contributed by atoms with van der Waals surface area (Å²) in [5.74, 6) is 0. The van der Waals surface area contributed by atoms with Gasteiger partial charge < -0.3 is 4.57 Å². The molecule has 1 aromatic carbocycles. The second-order valence-electron chi connectivity index (χ2n) is 5.85. The summed E-state index contributed by atoms with van der Waals surface area (Å²) < 4.78 is 4.33. The summed E-state index contributed by atoms with van der Waals surface area (Å²) in [5, 5.41) is 6.73. The average molecular weight is 300 g/mol. The van der Waals surface area contributed by atoms with E-state index in [-0.39, 0.29) is 0 Å². The fourth-order valence-corrected chi connectivity index (χ4v) is 3.64. The topological polar surface area (TPSA) is 22.8 Å². The number of halogens is 1. The first-order valence-corrected chi connectivity index (χ1v) is 7.96. The van der Waals surface area contributed by atoms with Crippen LogP contribution in [0.3, 0.4) is 0 Å². The lowest BCUT2D eigenvalue weighted by atomic mass is 10.2. The van der Waals surface area contributed by atoms with E-state index in [1.807, 2.05) is 12.1 Å². The fraction of sp³-hybridized carbons (Fsp3) is 0.353. The number of aromatic nitrogens is 3. The number of hydrogen-bond acceptors (Lipinski definition) is 1. The molecule has 0 amide bonds. The Balaban J connectivity index is 1.63. The van der Waals surface area contributed by atoms with E-state index in [0.717, 1.165) is 22.8 Å². The second kappa shape index (κ2) is 5.23. The van der Waals surface area contributed by atoms with Crippen LogP contribution in [0.2, 0.25) is 5.02 Å². The zero-order valence-corrected chi connectivity index (χ0v) is 12.6. The Bertz CT molecular complexity index is 765. The van der Waals surface area contributed by atoms with Gasteiger partial charge in [-0.1, -0.05) is 36.6 Å². The van der Waals surface area contributed by atoms with Crippen LogP contribution in [-0.4, -0.2) is 14.3 Å². The number of rotatable bonds is 3. The number of hydrogen-bond donors (Lipinski definition) is 0. The van der Waals surface area contributed by atoms with Crippen LogP contribution in [0.1, 0.15) is 37.4 Å². The van der Waals surface area contributed by atoms with Gasteiger partial charge in [-0.2, -0.15) is 5.10 Å². The van der Waals surface area contributed by atoms with Gasteiger partial charge in [-0.25, -0.2) is 0 Å². The zero-order valence-electron chi connectivity index (χ0n) is 11.9. The quantitative estimate of drug-likeness (QED) is 0.690. The lowest BCUT2D eigenvalue weighted by Crippen LogP contribution is -2.07. The predicted octanol–water partition coefficient (Wildman–Crippen LogP) is 4.65. The molecule has 108 valence electrons. The van der Waals surface area contributed by atoms with Crippen LogP contribution in [0, 0.1) is 0 Å². The third kappa shape index (κ3) is 2.36. The molecule has 0 N–H and O–H groups in total. The average Bonchev–Trinajstić information content (AvgIpc) is 3.19.